The van der Waals surface area contributed by atoms with Crippen LogP contribution in [-0.2, 0) is 9.53 Å². The van der Waals surface area contributed by atoms with Crippen molar-refractivity contribution in [3.8, 4) is 0 Å². The molecule has 2 fully saturated rings. The van der Waals surface area contributed by atoms with Gasteiger partial charge in [0.1, 0.15) is 0 Å². The largest absolute Gasteiger partial charge is 0.380 e. The van der Waals surface area contributed by atoms with Gasteiger partial charge in [-0.3, -0.25) is 9.69 Å². The summed E-state index contributed by atoms with van der Waals surface area (Å²) in [5.41, 5.74) is 1.38. The number of hydrogen-bond acceptors (Lipinski definition) is 3. The summed E-state index contributed by atoms with van der Waals surface area (Å²) in [7, 11) is 2.26. The van der Waals surface area contributed by atoms with Crippen molar-refractivity contribution in [1.82, 2.24) is 9.80 Å². The van der Waals surface area contributed by atoms with E-state index in [0.29, 0.717) is 17.5 Å². The molecule has 1 aliphatic carbocycles. The Balaban J connectivity index is 1.56. The number of carbonyl (C=O) groups excluding carboxylic acids is 1. The second-order valence-electron chi connectivity index (χ2n) is 7.45. The van der Waals surface area contributed by atoms with Crippen molar-refractivity contribution < 1.29 is 9.53 Å². The molecule has 1 spiro atoms. The van der Waals surface area contributed by atoms with Gasteiger partial charge in [-0.2, -0.15) is 0 Å². The van der Waals surface area contributed by atoms with Crippen molar-refractivity contribution in [2.75, 3.05) is 33.4 Å². The molecule has 2 saturated heterocycles. The first kappa shape index (κ1) is 17.0. The highest BCUT2D eigenvalue weighted by molar-refractivity contribution is 5.93. The molecule has 130 valence electrons. The quantitative estimate of drug-likeness (QED) is 0.798. The summed E-state index contributed by atoms with van der Waals surface area (Å²) in [5, 5.41) is 0. The van der Waals surface area contributed by atoms with Crippen LogP contribution in [-0.4, -0.2) is 60.6 Å². The van der Waals surface area contributed by atoms with E-state index in [4.69, 9.17) is 4.74 Å². The van der Waals surface area contributed by atoms with Crippen LogP contribution in [0.15, 0.2) is 11.6 Å². The number of rotatable bonds is 4. The Bertz CT molecular complexity index is 452. The van der Waals surface area contributed by atoms with E-state index in [1.807, 2.05) is 0 Å². The van der Waals surface area contributed by atoms with Crippen LogP contribution in [0.3, 0.4) is 0 Å². The molecular formula is C19H32N2O2. The molecule has 0 radical (unpaired) electrons. The molecule has 3 aliphatic rings. The monoisotopic (exact) mass is 320 g/mol. The molecule has 0 N–H and O–H groups in total. The Morgan fingerprint density at radius 1 is 1.30 bits per heavy atom. The van der Waals surface area contributed by atoms with E-state index in [9.17, 15) is 4.79 Å². The van der Waals surface area contributed by atoms with Gasteiger partial charge in [-0.05, 0) is 65.3 Å². The van der Waals surface area contributed by atoms with Crippen molar-refractivity contribution >= 4 is 5.91 Å². The summed E-state index contributed by atoms with van der Waals surface area (Å²) in [5.74, 6) is 0.311. The highest BCUT2D eigenvalue weighted by Gasteiger charge is 2.46. The standard InChI is InChI=1S/C19H32N2O2/c1-3-23-15-17-9-10-19(20(17)2)11-13-21(14-12-19)18(22)16-7-5-4-6-8-16/h7,17H,3-6,8-15H2,1-2H3/t17-/m0/s1. The van der Waals surface area contributed by atoms with Crippen LogP contribution in [0.2, 0.25) is 0 Å². The van der Waals surface area contributed by atoms with Gasteiger partial charge in [0.25, 0.3) is 0 Å². The lowest BCUT2D eigenvalue weighted by atomic mass is 9.85. The number of hydrogen-bond donors (Lipinski definition) is 0. The van der Waals surface area contributed by atoms with Crippen molar-refractivity contribution in [3.05, 3.63) is 11.6 Å². The first-order valence-electron chi connectivity index (χ1n) is 9.45. The number of likely N-dealkylation sites (tertiary alicyclic amines) is 2. The second-order valence-corrected chi connectivity index (χ2v) is 7.45. The van der Waals surface area contributed by atoms with Crippen LogP contribution in [0.25, 0.3) is 0 Å². The van der Waals surface area contributed by atoms with Gasteiger partial charge in [0.2, 0.25) is 5.91 Å². The van der Waals surface area contributed by atoms with Gasteiger partial charge in [-0.15, -0.1) is 0 Å². The zero-order valence-corrected chi connectivity index (χ0v) is 14.9. The molecule has 0 saturated carbocycles. The van der Waals surface area contributed by atoms with Crippen LogP contribution in [0.1, 0.15) is 58.3 Å². The van der Waals surface area contributed by atoms with Gasteiger partial charge in [0.15, 0.2) is 0 Å². The van der Waals surface area contributed by atoms with Crippen LogP contribution >= 0.6 is 0 Å². The molecule has 0 bridgehead atoms. The summed E-state index contributed by atoms with van der Waals surface area (Å²) >= 11 is 0. The lowest BCUT2D eigenvalue weighted by Gasteiger charge is -2.45. The van der Waals surface area contributed by atoms with Crippen LogP contribution < -0.4 is 0 Å². The van der Waals surface area contributed by atoms with E-state index in [1.165, 1.54) is 25.7 Å². The predicted octanol–water partition coefficient (Wildman–Crippen LogP) is 2.98. The fraction of sp³-hybridized carbons (Fsp3) is 0.842. The average Bonchev–Trinajstić information content (AvgIpc) is 2.90. The third-order valence-electron chi connectivity index (χ3n) is 6.30. The molecule has 23 heavy (non-hydrogen) atoms. The van der Waals surface area contributed by atoms with E-state index in [1.54, 1.807) is 0 Å². The highest BCUT2D eigenvalue weighted by atomic mass is 16.5. The zero-order valence-electron chi connectivity index (χ0n) is 14.9. The lowest BCUT2D eigenvalue weighted by molar-refractivity contribution is -0.130. The summed E-state index contributed by atoms with van der Waals surface area (Å²) in [6.07, 6.45) is 11.4. The maximum absolute atomic E-state index is 12.7. The molecule has 0 aromatic rings. The molecule has 0 unspecified atom stereocenters. The van der Waals surface area contributed by atoms with E-state index < -0.39 is 0 Å². The SMILES string of the molecule is CCOC[C@@H]1CCC2(CCN(C(=O)C3=CCCCC3)CC2)N1C. The average molecular weight is 320 g/mol. The maximum atomic E-state index is 12.7. The third-order valence-corrected chi connectivity index (χ3v) is 6.30. The summed E-state index contributed by atoms with van der Waals surface area (Å²) in [6, 6.07) is 0.554. The van der Waals surface area contributed by atoms with Crippen LogP contribution in [0.5, 0.6) is 0 Å². The Morgan fingerprint density at radius 3 is 2.74 bits per heavy atom. The molecule has 0 aromatic carbocycles. The lowest BCUT2D eigenvalue weighted by Crippen LogP contribution is -2.54. The number of likely N-dealkylation sites (N-methyl/N-ethyl adjacent to an activating group) is 1. The number of piperidine rings is 1. The molecule has 4 heteroatoms. The molecular weight excluding hydrogens is 288 g/mol. The smallest absolute Gasteiger partial charge is 0.249 e. The molecule has 1 amide bonds. The first-order valence-corrected chi connectivity index (χ1v) is 9.45. The summed E-state index contributed by atoms with van der Waals surface area (Å²) < 4.78 is 5.65. The molecule has 0 aromatic heterocycles. The van der Waals surface area contributed by atoms with Gasteiger partial charge in [-0.25, -0.2) is 0 Å². The van der Waals surface area contributed by atoms with Crippen LogP contribution in [0.4, 0.5) is 0 Å². The summed E-state index contributed by atoms with van der Waals surface area (Å²) in [6.45, 7) is 5.55. The van der Waals surface area contributed by atoms with Gasteiger partial charge in [-0.1, -0.05) is 6.08 Å². The van der Waals surface area contributed by atoms with Gasteiger partial charge >= 0.3 is 0 Å². The van der Waals surface area contributed by atoms with Crippen molar-refractivity contribution in [1.29, 1.82) is 0 Å². The fourth-order valence-corrected chi connectivity index (χ4v) is 4.61. The minimum atomic E-state index is 0.305. The third kappa shape index (κ3) is 3.48. The first-order chi connectivity index (χ1) is 11.2. The normalized spacial score (nSPS) is 28.2. The second kappa shape index (κ2) is 7.35. The maximum Gasteiger partial charge on any atom is 0.249 e. The zero-order chi connectivity index (χ0) is 16.3. The number of allylic oxidation sites excluding steroid dienone is 1. The molecule has 3 rings (SSSR count). The minimum Gasteiger partial charge on any atom is -0.380 e. The predicted molar refractivity (Wildman–Crippen MR) is 92.4 cm³/mol. The van der Waals surface area contributed by atoms with E-state index in [-0.39, 0.29) is 0 Å². The molecule has 4 nitrogen and oxygen atoms in total. The Morgan fingerprint density at radius 2 is 2.09 bits per heavy atom. The Hall–Kier alpha value is -0.870. The summed E-state index contributed by atoms with van der Waals surface area (Å²) in [4.78, 5) is 17.3. The van der Waals surface area contributed by atoms with E-state index in [0.717, 1.165) is 57.6 Å². The van der Waals surface area contributed by atoms with Crippen molar-refractivity contribution in [2.45, 2.75) is 69.9 Å². The molecule has 2 heterocycles. The van der Waals surface area contributed by atoms with Crippen LogP contribution in [0, 0.1) is 0 Å². The van der Waals surface area contributed by atoms with Gasteiger partial charge < -0.3 is 9.64 Å². The minimum absolute atomic E-state index is 0.305. The number of ether oxygens (including phenoxy) is 1. The van der Waals surface area contributed by atoms with Crippen molar-refractivity contribution in [2.24, 2.45) is 0 Å². The highest BCUT2D eigenvalue weighted by Crippen LogP contribution is 2.40. The number of amides is 1. The topological polar surface area (TPSA) is 32.8 Å². The van der Waals surface area contributed by atoms with Crippen molar-refractivity contribution in [3.63, 3.8) is 0 Å². The van der Waals surface area contributed by atoms with Gasteiger partial charge in [0.05, 0.1) is 6.61 Å². The molecule has 2 aliphatic heterocycles. The number of nitrogens with zero attached hydrogens (tertiary/aromatic N) is 2. The number of carbonyl (C=O) groups is 1. The Kier molecular flexibility index (Phi) is 5.42. The molecule has 1 atom stereocenters. The van der Waals surface area contributed by atoms with E-state index in [2.05, 4.69) is 29.8 Å². The Labute approximate surface area is 140 Å². The van der Waals surface area contributed by atoms with E-state index >= 15 is 0 Å². The van der Waals surface area contributed by atoms with Gasteiger partial charge in [0, 0.05) is 36.9 Å². The fourth-order valence-electron chi connectivity index (χ4n) is 4.61.